The monoisotopic (exact) mass is 367 g/mol. The van der Waals surface area contributed by atoms with Crippen LogP contribution >= 0.6 is 0 Å². The highest BCUT2D eigenvalue weighted by Gasteiger charge is 2.10. The zero-order valence-corrected chi connectivity index (χ0v) is 15.1. The van der Waals surface area contributed by atoms with Crippen LogP contribution in [0.2, 0.25) is 0 Å². The summed E-state index contributed by atoms with van der Waals surface area (Å²) in [6, 6.07) is 18.1. The van der Waals surface area contributed by atoms with E-state index in [1.807, 2.05) is 36.4 Å². The van der Waals surface area contributed by atoms with Crippen LogP contribution in [0.15, 0.2) is 66.4 Å². The second-order valence-electron chi connectivity index (χ2n) is 5.37. The molecule has 7 nitrogen and oxygen atoms in total. The van der Waals surface area contributed by atoms with E-state index in [1.54, 1.807) is 24.3 Å². The van der Waals surface area contributed by atoms with E-state index in [2.05, 4.69) is 10.6 Å². The average molecular weight is 367 g/mol. The predicted molar refractivity (Wildman–Crippen MR) is 101 cm³/mol. The molecule has 0 bridgehead atoms. The molecule has 2 aromatic carbocycles. The van der Waals surface area contributed by atoms with E-state index in [9.17, 15) is 4.79 Å². The first-order valence-corrected chi connectivity index (χ1v) is 8.20. The molecule has 0 aliphatic rings. The van der Waals surface area contributed by atoms with E-state index in [1.165, 1.54) is 20.4 Å². The van der Waals surface area contributed by atoms with E-state index < -0.39 is 12.2 Å². The third-order valence-corrected chi connectivity index (χ3v) is 3.51. The molecular weight excluding hydrogens is 346 g/mol. The lowest BCUT2D eigenvalue weighted by molar-refractivity contribution is -0.112. The molecule has 0 aromatic heterocycles. The van der Waals surface area contributed by atoms with Gasteiger partial charge in [0, 0.05) is 26.1 Å². The standard InChI is InChI=1S/C20H21N3O4/c1-25-19(26-2)14-22-13-15(12-21)20(24)23-16-8-10-18(11-9-16)27-17-6-4-3-5-7-17/h3-11,13,19,22H,14H2,1-2H3,(H,23,24)/b15-13-. The van der Waals surface area contributed by atoms with Crippen molar-refractivity contribution >= 4 is 11.6 Å². The minimum atomic E-state index is -0.520. The summed E-state index contributed by atoms with van der Waals surface area (Å²) in [7, 11) is 3.01. The summed E-state index contributed by atoms with van der Waals surface area (Å²) in [5, 5.41) is 14.6. The van der Waals surface area contributed by atoms with Gasteiger partial charge in [0.25, 0.3) is 5.91 Å². The van der Waals surface area contributed by atoms with Crippen LogP contribution in [0.5, 0.6) is 11.5 Å². The lowest BCUT2D eigenvalue weighted by atomic mass is 10.2. The molecule has 0 saturated carbocycles. The van der Waals surface area contributed by atoms with Crippen molar-refractivity contribution in [2.24, 2.45) is 0 Å². The Balaban J connectivity index is 1.92. The normalized spacial score (nSPS) is 11.0. The van der Waals surface area contributed by atoms with Crippen LogP contribution in [-0.4, -0.2) is 33.0 Å². The third-order valence-electron chi connectivity index (χ3n) is 3.51. The molecule has 0 unspecified atom stereocenters. The van der Waals surface area contributed by atoms with Crippen LogP contribution in [0.3, 0.4) is 0 Å². The van der Waals surface area contributed by atoms with Gasteiger partial charge in [-0.05, 0) is 36.4 Å². The van der Waals surface area contributed by atoms with Crippen molar-refractivity contribution in [3.05, 3.63) is 66.4 Å². The van der Waals surface area contributed by atoms with Crippen molar-refractivity contribution in [1.29, 1.82) is 5.26 Å². The lowest BCUT2D eigenvalue weighted by Crippen LogP contribution is -2.27. The molecule has 140 valence electrons. The Kier molecular flexibility index (Phi) is 7.85. The number of anilines is 1. The molecule has 0 aliphatic heterocycles. The van der Waals surface area contributed by atoms with E-state index in [4.69, 9.17) is 19.5 Å². The number of rotatable bonds is 9. The van der Waals surface area contributed by atoms with Crippen LogP contribution < -0.4 is 15.4 Å². The number of benzene rings is 2. The van der Waals surface area contributed by atoms with E-state index in [0.29, 0.717) is 18.0 Å². The van der Waals surface area contributed by atoms with Crippen molar-refractivity contribution in [1.82, 2.24) is 5.32 Å². The van der Waals surface area contributed by atoms with Crippen LogP contribution in [0.1, 0.15) is 0 Å². The Morgan fingerprint density at radius 2 is 1.70 bits per heavy atom. The molecule has 2 aromatic rings. The van der Waals surface area contributed by atoms with Gasteiger partial charge in [-0.3, -0.25) is 4.79 Å². The first-order valence-electron chi connectivity index (χ1n) is 8.20. The largest absolute Gasteiger partial charge is 0.457 e. The van der Waals surface area contributed by atoms with Crippen LogP contribution in [0.4, 0.5) is 5.69 Å². The summed E-state index contributed by atoms with van der Waals surface area (Å²) in [5.74, 6) is 0.843. The van der Waals surface area contributed by atoms with Crippen molar-refractivity contribution < 1.29 is 19.0 Å². The number of methoxy groups -OCH3 is 2. The molecule has 1 amide bonds. The van der Waals surface area contributed by atoms with Gasteiger partial charge in [0.15, 0.2) is 6.29 Å². The first kappa shape index (κ1) is 20.0. The number of para-hydroxylation sites is 1. The van der Waals surface area contributed by atoms with Gasteiger partial charge in [-0.2, -0.15) is 5.26 Å². The van der Waals surface area contributed by atoms with Gasteiger partial charge in [0.1, 0.15) is 23.1 Å². The number of hydrogen-bond donors (Lipinski definition) is 2. The summed E-state index contributed by atoms with van der Waals surface area (Å²) in [5.41, 5.74) is 0.485. The lowest BCUT2D eigenvalue weighted by Gasteiger charge is -2.13. The molecule has 27 heavy (non-hydrogen) atoms. The summed E-state index contributed by atoms with van der Waals surface area (Å²) in [4.78, 5) is 12.2. The molecule has 2 rings (SSSR count). The summed E-state index contributed by atoms with van der Waals surface area (Å²) >= 11 is 0. The highest BCUT2D eigenvalue weighted by atomic mass is 16.7. The Morgan fingerprint density at radius 3 is 2.30 bits per heavy atom. The maximum atomic E-state index is 12.2. The van der Waals surface area contributed by atoms with Gasteiger partial charge in [-0.25, -0.2) is 0 Å². The number of carbonyl (C=O) groups is 1. The third kappa shape index (κ3) is 6.47. The molecule has 0 heterocycles. The Bertz CT molecular complexity index is 794. The molecule has 0 atom stereocenters. The predicted octanol–water partition coefficient (Wildman–Crippen LogP) is 3.03. The van der Waals surface area contributed by atoms with Crippen molar-refractivity contribution in [2.45, 2.75) is 6.29 Å². The molecule has 0 fully saturated rings. The molecular formula is C20H21N3O4. The van der Waals surface area contributed by atoms with Gasteiger partial charge >= 0.3 is 0 Å². The Hall–Kier alpha value is -3.34. The highest BCUT2D eigenvalue weighted by Crippen LogP contribution is 2.22. The van der Waals surface area contributed by atoms with Gasteiger partial charge in [0.2, 0.25) is 0 Å². The number of nitriles is 1. The molecule has 0 aliphatic carbocycles. The zero-order valence-electron chi connectivity index (χ0n) is 15.1. The smallest absolute Gasteiger partial charge is 0.267 e. The highest BCUT2D eigenvalue weighted by molar-refractivity contribution is 6.06. The summed E-state index contributed by atoms with van der Waals surface area (Å²) < 4.78 is 15.7. The Labute approximate surface area is 158 Å². The average Bonchev–Trinajstić information content (AvgIpc) is 2.70. The molecule has 7 heteroatoms. The van der Waals surface area contributed by atoms with E-state index in [-0.39, 0.29) is 5.57 Å². The fraction of sp³-hybridized carbons (Fsp3) is 0.200. The molecule has 0 radical (unpaired) electrons. The number of ether oxygens (including phenoxy) is 3. The van der Waals surface area contributed by atoms with Gasteiger partial charge in [-0.1, -0.05) is 18.2 Å². The van der Waals surface area contributed by atoms with Crippen LogP contribution in [0, 0.1) is 11.3 Å². The number of hydrogen-bond acceptors (Lipinski definition) is 6. The summed E-state index contributed by atoms with van der Waals surface area (Å²) in [6.45, 7) is 0.303. The van der Waals surface area contributed by atoms with Crippen LogP contribution in [-0.2, 0) is 14.3 Å². The second kappa shape index (κ2) is 10.6. The first-order chi connectivity index (χ1) is 13.2. The number of nitrogens with one attached hydrogen (secondary N) is 2. The molecule has 0 spiro atoms. The quantitative estimate of drug-likeness (QED) is 0.402. The summed E-state index contributed by atoms with van der Waals surface area (Å²) in [6.07, 6.45) is 0.856. The van der Waals surface area contributed by atoms with Crippen LogP contribution in [0.25, 0.3) is 0 Å². The molecule has 2 N–H and O–H groups in total. The van der Waals surface area contributed by atoms with E-state index in [0.717, 1.165) is 5.75 Å². The maximum absolute atomic E-state index is 12.2. The van der Waals surface area contributed by atoms with Crippen molar-refractivity contribution in [3.8, 4) is 17.6 Å². The topological polar surface area (TPSA) is 92.6 Å². The SMILES string of the molecule is COC(CN/C=C(/C#N)C(=O)Nc1ccc(Oc2ccccc2)cc1)OC. The van der Waals surface area contributed by atoms with Crippen molar-refractivity contribution in [3.63, 3.8) is 0 Å². The molecule has 0 saturated heterocycles. The van der Waals surface area contributed by atoms with Gasteiger partial charge in [-0.15, -0.1) is 0 Å². The minimum Gasteiger partial charge on any atom is -0.457 e. The van der Waals surface area contributed by atoms with E-state index >= 15 is 0 Å². The second-order valence-corrected chi connectivity index (χ2v) is 5.37. The number of carbonyl (C=O) groups excluding carboxylic acids is 1. The van der Waals surface area contributed by atoms with Crippen molar-refractivity contribution in [2.75, 3.05) is 26.1 Å². The number of amides is 1. The van der Waals surface area contributed by atoms with Gasteiger partial charge in [0.05, 0.1) is 6.54 Å². The fourth-order valence-electron chi connectivity index (χ4n) is 2.10. The number of nitrogens with zero attached hydrogens (tertiary/aromatic N) is 1. The maximum Gasteiger partial charge on any atom is 0.267 e. The Morgan fingerprint density at radius 1 is 1.07 bits per heavy atom. The van der Waals surface area contributed by atoms with Gasteiger partial charge < -0.3 is 24.8 Å². The zero-order chi connectivity index (χ0) is 19.5. The minimum absolute atomic E-state index is 0.0643. The fourth-order valence-corrected chi connectivity index (χ4v) is 2.10.